The van der Waals surface area contributed by atoms with Crippen LogP contribution in [-0.4, -0.2) is 137 Å². The topological polar surface area (TPSA) is 138 Å². The standard InChI is InChI=1S/C47H66F2N10O4/c1-29-24-31(27-54(29)3)34-25-30-10-9-20-57(39(30)26-35(34)43(48)49)44-36-28-56(47(63)50-2)23-17-38(36)59(53-44)32-15-21-55(22-16-32)19-7-5-4-6-18-51-37-12-8-11-33-42(37)46(62)58(45(33)61)40-13-14-41(60)52-40/h8,11,25-27,29-30,32-33,37,39-40,42-43,51H,4-7,9-10,12-24,28H2,1-3H3,(H,50,63)(H,52,60). The number of carbonyl (C=O) groups is 4. The summed E-state index contributed by atoms with van der Waals surface area (Å²) in [4.78, 5) is 61.4. The normalized spacial score (nSPS) is 30.1. The van der Waals surface area contributed by atoms with Crippen molar-refractivity contribution in [3.63, 3.8) is 0 Å². The molecular formula is C47H66F2N10O4. The van der Waals surface area contributed by atoms with E-state index in [-0.39, 0.29) is 59.4 Å². The second-order valence-corrected chi connectivity index (χ2v) is 19.2. The van der Waals surface area contributed by atoms with Gasteiger partial charge in [-0.3, -0.25) is 24.0 Å². The molecule has 7 unspecified atom stereocenters. The number of alkyl halides is 2. The van der Waals surface area contributed by atoms with E-state index in [4.69, 9.17) is 5.10 Å². The predicted octanol–water partition coefficient (Wildman–Crippen LogP) is 4.86. The number of allylic oxidation sites excluding steroid dienone is 2. The van der Waals surface area contributed by atoms with E-state index in [0.29, 0.717) is 44.3 Å². The molecule has 0 radical (unpaired) electrons. The van der Waals surface area contributed by atoms with Crippen LogP contribution in [0.5, 0.6) is 0 Å². The van der Waals surface area contributed by atoms with Gasteiger partial charge in [0.1, 0.15) is 6.17 Å². The van der Waals surface area contributed by atoms with Gasteiger partial charge < -0.3 is 35.6 Å². The molecule has 14 nitrogen and oxygen atoms in total. The highest BCUT2D eigenvalue weighted by Gasteiger charge is 2.53. The van der Waals surface area contributed by atoms with Crippen LogP contribution in [0.4, 0.5) is 19.4 Å². The lowest BCUT2D eigenvalue weighted by Crippen LogP contribution is -2.48. The third-order valence-electron chi connectivity index (χ3n) is 15.4. The van der Waals surface area contributed by atoms with Crippen molar-refractivity contribution < 1.29 is 28.0 Å². The number of hydrogen-bond donors (Lipinski definition) is 3. The lowest BCUT2D eigenvalue weighted by atomic mass is 9.78. The minimum absolute atomic E-state index is 0.0816. The number of amides is 5. The maximum atomic E-state index is 14.9. The summed E-state index contributed by atoms with van der Waals surface area (Å²) in [6, 6.07) is 0.102. The van der Waals surface area contributed by atoms with Crippen LogP contribution in [-0.2, 0) is 27.3 Å². The summed E-state index contributed by atoms with van der Waals surface area (Å²) in [5.74, 6) is -0.393. The molecule has 0 saturated carbocycles. The average Bonchev–Trinajstić information content (AvgIpc) is 4.05. The first-order valence-electron chi connectivity index (χ1n) is 23.8. The molecule has 63 heavy (non-hydrogen) atoms. The first-order valence-corrected chi connectivity index (χ1v) is 23.8. The summed E-state index contributed by atoms with van der Waals surface area (Å²) >= 11 is 0. The van der Waals surface area contributed by atoms with Crippen LogP contribution < -0.4 is 20.9 Å². The van der Waals surface area contributed by atoms with Gasteiger partial charge in [-0.2, -0.15) is 5.10 Å². The van der Waals surface area contributed by atoms with Gasteiger partial charge in [0, 0.05) is 94.1 Å². The summed E-state index contributed by atoms with van der Waals surface area (Å²) in [5, 5.41) is 14.6. The van der Waals surface area contributed by atoms with Crippen molar-refractivity contribution in [2.24, 2.45) is 17.8 Å². The number of nitrogens with one attached hydrogen (secondary N) is 3. The van der Waals surface area contributed by atoms with Crippen molar-refractivity contribution in [2.45, 2.75) is 134 Å². The van der Waals surface area contributed by atoms with Crippen LogP contribution in [0, 0.1) is 17.8 Å². The smallest absolute Gasteiger partial charge is 0.317 e. The molecule has 6 aliphatic heterocycles. The lowest BCUT2D eigenvalue weighted by molar-refractivity contribution is -0.143. The van der Waals surface area contributed by atoms with E-state index in [1.54, 1.807) is 7.05 Å². The Hall–Kier alpha value is -4.57. The largest absolute Gasteiger partial charge is 0.377 e. The van der Waals surface area contributed by atoms with Crippen LogP contribution in [0.15, 0.2) is 47.2 Å². The molecule has 0 aromatic carbocycles. The maximum absolute atomic E-state index is 14.9. The molecule has 342 valence electrons. The highest BCUT2D eigenvalue weighted by Crippen LogP contribution is 2.44. The molecule has 9 rings (SSSR count). The minimum Gasteiger partial charge on any atom is -0.377 e. The fourth-order valence-corrected chi connectivity index (χ4v) is 11.8. The summed E-state index contributed by atoms with van der Waals surface area (Å²) in [6.45, 7) is 7.73. The number of unbranched alkanes of at least 4 members (excludes halogenated alkanes) is 3. The predicted molar refractivity (Wildman–Crippen MR) is 235 cm³/mol. The summed E-state index contributed by atoms with van der Waals surface area (Å²) in [7, 11) is 3.67. The van der Waals surface area contributed by atoms with Crippen molar-refractivity contribution in [3.8, 4) is 0 Å². The van der Waals surface area contributed by atoms with Gasteiger partial charge in [0.25, 0.3) is 6.43 Å². The molecular weight excluding hydrogens is 807 g/mol. The second-order valence-electron chi connectivity index (χ2n) is 19.2. The van der Waals surface area contributed by atoms with Crippen molar-refractivity contribution in [1.29, 1.82) is 0 Å². The van der Waals surface area contributed by atoms with Gasteiger partial charge in [0.2, 0.25) is 17.7 Å². The van der Waals surface area contributed by atoms with E-state index in [1.165, 1.54) is 10.6 Å². The van der Waals surface area contributed by atoms with Crippen LogP contribution in [0.1, 0.15) is 101 Å². The number of urea groups is 1. The molecule has 8 aliphatic rings. The maximum Gasteiger partial charge on any atom is 0.317 e. The molecule has 1 aromatic heterocycles. The molecule has 7 atom stereocenters. The summed E-state index contributed by atoms with van der Waals surface area (Å²) in [6.07, 6.45) is 18.0. The Bertz CT molecular complexity index is 2060. The molecule has 1 aromatic rings. The van der Waals surface area contributed by atoms with Gasteiger partial charge >= 0.3 is 6.03 Å². The third-order valence-corrected chi connectivity index (χ3v) is 15.4. The Morgan fingerprint density at radius 3 is 2.52 bits per heavy atom. The molecule has 4 saturated heterocycles. The van der Waals surface area contributed by atoms with Crippen LogP contribution in [0.3, 0.4) is 0 Å². The van der Waals surface area contributed by atoms with Crippen molar-refractivity contribution >= 4 is 29.6 Å². The number of hydrogen-bond acceptors (Lipinski definition) is 9. The molecule has 3 N–H and O–H groups in total. The van der Waals surface area contributed by atoms with Gasteiger partial charge in [-0.25, -0.2) is 13.6 Å². The fraction of sp³-hybridized carbons (Fsp3) is 0.681. The number of anilines is 1. The Morgan fingerprint density at radius 2 is 1.79 bits per heavy atom. The number of piperidine rings is 2. The number of nitrogens with zero attached hydrogens (tertiary/aromatic N) is 7. The number of carbonyl (C=O) groups excluding carboxylic acids is 4. The number of likely N-dealkylation sites (tertiary alicyclic amines) is 2. The number of halogens is 2. The fourth-order valence-electron chi connectivity index (χ4n) is 11.8. The molecule has 4 fully saturated rings. The zero-order valence-electron chi connectivity index (χ0n) is 37.2. The summed E-state index contributed by atoms with van der Waals surface area (Å²) < 4.78 is 32.0. The zero-order chi connectivity index (χ0) is 43.9. The Balaban J connectivity index is 0.790. The number of rotatable bonds is 13. The quantitative estimate of drug-likeness (QED) is 0.144. The number of imide groups is 1. The average molecular weight is 873 g/mol. The molecule has 7 heterocycles. The van der Waals surface area contributed by atoms with Crippen molar-refractivity contribution in [3.05, 3.63) is 58.5 Å². The monoisotopic (exact) mass is 873 g/mol. The van der Waals surface area contributed by atoms with Gasteiger partial charge in [-0.1, -0.05) is 37.1 Å². The first-order chi connectivity index (χ1) is 30.5. The molecule has 16 heteroatoms. The Labute approximate surface area is 370 Å². The van der Waals surface area contributed by atoms with Crippen LogP contribution in [0.2, 0.25) is 0 Å². The van der Waals surface area contributed by atoms with Crippen molar-refractivity contribution in [1.82, 2.24) is 45.3 Å². The van der Waals surface area contributed by atoms with Gasteiger partial charge in [0.15, 0.2) is 5.82 Å². The minimum atomic E-state index is -2.58. The van der Waals surface area contributed by atoms with Crippen LogP contribution >= 0.6 is 0 Å². The van der Waals surface area contributed by atoms with Gasteiger partial charge in [0.05, 0.1) is 30.5 Å². The highest BCUT2D eigenvalue weighted by molar-refractivity contribution is 6.07. The molecule has 2 aliphatic carbocycles. The number of fused-ring (bicyclic) bond motifs is 3. The first kappa shape index (κ1) is 43.7. The summed E-state index contributed by atoms with van der Waals surface area (Å²) in [5.41, 5.74) is 4.07. The van der Waals surface area contributed by atoms with E-state index in [9.17, 15) is 28.0 Å². The van der Waals surface area contributed by atoms with Crippen LogP contribution in [0.25, 0.3) is 0 Å². The Morgan fingerprint density at radius 1 is 0.984 bits per heavy atom. The van der Waals surface area contributed by atoms with E-state index in [2.05, 4.69) is 48.3 Å². The molecule has 0 bridgehead atoms. The van der Waals surface area contributed by atoms with E-state index in [0.717, 1.165) is 107 Å². The second kappa shape index (κ2) is 18.5. The Kier molecular flexibility index (Phi) is 12.8. The molecule has 5 amide bonds. The zero-order valence-corrected chi connectivity index (χ0v) is 37.2. The lowest BCUT2D eigenvalue weighted by Gasteiger charge is -2.43. The van der Waals surface area contributed by atoms with E-state index < -0.39 is 24.4 Å². The molecule has 0 spiro atoms. The third kappa shape index (κ3) is 8.58. The highest BCUT2D eigenvalue weighted by atomic mass is 19.3. The van der Waals surface area contributed by atoms with E-state index in [1.807, 2.05) is 36.4 Å². The van der Waals surface area contributed by atoms with Gasteiger partial charge in [-0.15, -0.1) is 0 Å². The van der Waals surface area contributed by atoms with Crippen molar-refractivity contribution in [2.75, 3.05) is 58.3 Å². The number of aromatic nitrogens is 2. The SMILES string of the molecule is CNC(=O)N1CCc2c(c(N3CCCC4C=C(C5=CN(C)C(C)C5)C(C(F)F)=CC43)nn2C2CCN(CCCCCCNC3CC=CC4C(=O)N(C5CCC(=O)N5)C(=O)C34)CC2)C1. The van der Waals surface area contributed by atoms with Gasteiger partial charge in [-0.05, 0) is 88.9 Å². The van der Waals surface area contributed by atoms with E-state index >= 15 is 0 Å².